The van der Waals surface area contributed by atoms with Crippen molar-refractivity contribution < 1.29 is 8.42 Å². The van der Waals surface area contributed by atoms with Crippen molar-refractivity contribution in [3.05, 3.63) is 0 Å². The third-order valence-corrected chi connectivity index (χ3v) is 6.82. The fraction of sp³-hybridized carbons (Fsp3) is 0.857. The Labute approximate surface area is 127 Å². The van der Waals surface area contributed by atoms with Crippen molar-refractivity contribution in [2.75, 3.05) is 31.9 Å². The Balaban J connectivity index is 1.58. The molecule has 0 aromatic rings. The molecule has 1 atom stereocenters. The topological polar surface area (TPSA) is 65.3 Å². The molecule has 7 heteroatoms. The van der Waals surface area contributed by atoms with Crippen molar-refractivity contribution in [2.24, 2.45) is 9.98 Å². The van der Waals surface area contributed by atoms with Crippen LogP contribution in [-0.2, 0) is 10.0 Å². The zero-order valence-corrected chi connectivity index (χ0v) is 13.4. The third kappa shape index (κ3) is 3.35. The minimum atomic E-state index is -3.26. The predicted molar refractivity (Wildman–Crippen MR) is 84.6 cm³/mol. The molecule has 0 unspecified atom stereocenters. The summed E-state index contributed by atoms with van der Waals surface area (Å²) in [5, 5.41) is 0. The van der Waals surface area contributed by atoms with E-state index in [2.05, 4.69) is 14.9 Å². The van der Waals surface area contributed by atoms with Crippen LogP contribution in [0.5, 0.6) is 0 Å². The number of aliphatic imine (C=N–C) groups is 2. The number of hydrogen-bond acceptors (Lipinski definition) is 5. The maximum absolute atomic E-state index is 12.6. The first-order chi connectivity index (χ1) is 9.99. The van der Waals surface area contributed by atoms with Gasteiger partial charge in [0.25, 0.3) is 0 Å². The molecule has 0 amide bonds. The van der Waals surface area contributed by atoms with Gasteiger partial charge >= 0.3 is 0 Å². The summed E-state index contributed by atoms with van der Waals surface area (Å²) in [5.41, 5.74) is -0.690. The van der Waals surface area contributed by atoms with Crippen LogP contribution in [-0.4, -0.2) is 73.7 Å². The third-order valence-electron chi connectivity index (χ3n) is 4.72. The monoisotopic (exact) mass is 312 g/mol. The molecule has 3 aliphatic rings. The lowest BCUT2D eigenvalue weighted by atomic mass is 10.1. The lowest BCUT2D eigenvalue weighted by molar-refractivity contribution is 0.167. The summed E-state index contributed by atoms with van der Waals surface area (Å²) in [6.07, 6.45) is 7.54. The summed E-state index contributed by atoms with van der Waals surface area (Å²) < 4.78 is 26.7. The van der Waals surface area contributed by atoms with Gasteiger partial charge in [-0.15, -0.1) is 0 Å². The molecule has 0 aromatic heterocycles. The molecule has 0 spiro atoms. The van der Waals surface area contributed by atoms with E-state index in [9.17, 15) is 8.42 Å². The highest BCUT2D eigenvalue weighted by Crippen LogP contribution is 2.24. The van der Waals surface area contributed by atoms with E-state index in [4.69, 9.17) is 0 Å². The average molecular weight is 312 g/mol. The number of sulfonamides is 1. The molecular weight excluding hydrogens is 288 g/mol. The lowest BCUT2D eigenvalue weighted by Gasteiger charge is -2.36. The number of hydrogen-bond donors (Lipinski definition) is 0. The number of rotatable bonds is 4. The molecule has 0 radical (unpaired) electrons. The molecule has 3 heterocycles. The maximum Gasteiger partial charge on any atom is 0.216 e. The van der Waals surface area contributed by atoms with Crippen LogP contribution in [0.15, 0.2) is 9.98 Å². The van der Waals surface area contributed by atoms with Gasteiger partial charge in [-0.05, 0) is 45.7 Å². The van der Waals surface area contributed by atoms with Crippen molar-refractivity contribution in [1.29, 1.82) is 0 Å². The Morgan fingerprint density at radius 3 is 2.43 bits per heavy atom. The first-order valence-electron chi connectivity index (χ1n) is 7.78. The van der Waals surface area contributed by atoms with Crippen LogP contribution in [0.25, 0.3) is 0 Å². The van der Waals surface area contributed by atoms with Crippen LogP contribution in [0.1, 0.15) is 32.6 Å². The van der Waals surface area contributed by atoms with Crippen LogP contribution in [0, 0.1) is 0 Å². The number of likely N-dealkylation sites (tertiary alicyclic amines) is 1. The van der Waals surface area contributed by atoms with Crippen LogP contribution in [0.2, 0.25) is 0 Å². The molecule has 6 nitrogen and oxygen atoms in total. The van der Waals surface area contributed by atoms with Crippen molar-refractivity contribution >= 4 is 22.6 Å². The Hall–Kier alpha value is -0.790. The Bertz CT molecular complexity index is 517. The summed E-state index contributed by atoms with van der Waals surface area (Å²) in [6, 6.07) is 0.570. The highest BCUT2D eigenvalue weighted by molar-refractivity contribution is 7.89. The zero-order valence-electron chi connectivity index (χ0n) is 12.6. The summed E-state index contributed by atoms with van der Waals surface area (Å²) in [6.45, 7) is 5.46. The summed E-state index contributed by atoms with van der Waals surface area (Å²) in [4.78, 5) is 10.6. The Kier molecular flexibility index (Phi) is 4.16. The van der Waals surface area contributed by atoms with Gasteiger partial charge in [0.1, 0.15) is 11.9 Å². The lowest BCUT2D eigenvalue weighted by Crippen LogP contribution is -2.48. The molecule has 0 aliphatic carbocycles. The van der Waals surface area contributed by atoms with Crippen molar-refractivity contribution in [3.63, 3.8) is 0 Å². The standard InChI is InChI=1S/C14H24N4O2S/c1-14(10-15-12-16-14)11-21(19,20)18-8-4-13(5-9-18)17-6-2-3-7-17/h10,12-13H,2-9,11H2,1H3/t14-/m0/s1. The highest BCUT2D eigenvalue weighted by atomic mass is 32.2. The summed E-state index contributed by atoms with van der Waals surface area (Å²) >= 11 is 0. The normalized spacial score (nSPS) is 32.2. The van der Waals surface area contributed by atoms with Gasteiger partial charge in [-0.1, -0.05) is 0 Å². The fourth-order valence-electron chi connectivity index (χ4n) is 3.52. The molecule has 0 saturated carbocycles. The predicted octanol–water partition coefficient (Wildman–Crippen LogP) is 0.748. The SMILES string of the molecule is C[C@@]1(CS(=O)(=O)N2CCC(N3CCCC3)CC2)C=NC=N1. The van der Waals surface area contributed by atoms with Gasteiger partial charge in [-0.25, -0.2) is 17.7 Å². The molecule has 2 fully saturated rings. The second-order valence-corrected chi connectivity index (χ2v) is 8.48. The number of piperidine rings is 1. The van der Waals surface area contributed by atoms with Gasteiger partial charge in [0, 0.05) is 25.3 Å². The molecule has 118 valence electrons. The minimum Gasteiger partial charge on any atom is -0.300 e. The van der Waals surface area contributed by atoms with Crippen LogP contribution >= 0.6 is 0 Å². The van der Waals surface area contributed by atoms with Crippen molar-refractivity contribution in [2.45, 2.75) is 44.2 Å². The van der Waals surface area contributed by atoms with Gasteiger partial charge in [0.2, 0.25) is 10.0 Å². The summed E-state index contributed by atoms with van der Waals surface area (Å²) in [7, 11) is -3.26. The van der Waals surface area contributed by atoms with E-state index in [0.717, 1.165) is 12.8 Å². The first kappa shape index (κ1) is 15.1. The van der Waals surface area contributed by atoms with Gasteiger partial charge in [-0.3, -0.25) is 4.99 Å². The molecule has 0 bridgehead atoms. The van der Waals surface area contributed by atoms with E-state index < -0.39 is 15.6 Å². The van der Waals surface area contributed by atoms with Crippen molar-refractivity contribution in [3.8, 4) is 0 Å². The maximum atomic E-state index is 12.6. The molecule has 3 rings (SSSR count). The summed E-state index contributed by atoms with van der Waals surface area (Å²) in [5.74, 6) is 0.0222. The Morgan fingerprint density at radius 2 is 1.86 bits per heavy atom. The van der Waals surface area contributed by atoms with Crippen LogP contribution in [0.4, 0.5) is 0 Å². The second kappa shape index (κ2) is 5.78. The van der Waals surface area contributed by atoms with Gasteiger partial charge in [0.05, 0.1) is 5.75 Å². The average Bonchev–Trinajstić information content (AvgIpc) is 3.10. The van der Waals surface area contributed by atoms with E-state index in [0.29, 0.717) is 19.1 Å². The molecule has 3 aliphatic heterocycles. The molecule has 0 N–H and O–H groups in total. The zero-order chi connectivity index (χ0) is 14.9. The van der Waals surface area contributed by atoms with Crippen LogP contribution in [0.3, 0.4) is 0 Å². The van der Waals surface area contributed by atoms with E-state index in [-0.39, 0.29) is 5.75 Å². The quantitative estimate of drug-likeness (QED) is 0.769. The largest absolute Gasteiger partial charge is 0.300 e. The van der Waals surface area contributed by atoms with E-state index in [1.54, 1.807) is 10.5 Å². The van der Waals surface area contributed by atoms with Crippen LogP contribution < -0.4 is 0 Å². The van der Waals surface area contributed by atoms with E-state index in [1.165, 1.54) is 32.3 Å². The van der Waals surface area contributed by atoms with Gasteiger partial charge in [-0.2, -0.15) is 0 Å². The minimum absolute atomic E-state index is 0.0222. The number of nitrogens with zero attached hydrogens (tertiary/aromatic N) is 4. The molecule has 0 aromatic carbocycles. The smallest absolute Gasteiger partial charge is 0.216 e. The molecule has 21 heavy (non-hydrogen) atoms. The first-order valence-corrected chi connectivity index (χ1v) is 9.39. The Morgan fingerprint density at radius 1 is 1.19 bits per heavy atom. The van der Waals surface area contributed by atoms with Gasteiger partial charge in [0.15, 0.2) is 0 Å². The van der Waals surface area contributed by atoms with Crippen molar-refractivity contribution in [1.82, 2.24) is 9.21 Å². The molecule has 2 saturated heterocycles. The second-order valence-electron chi connectivity index (χ2n) is 6.51. The fourth-order valence-corrected chi connectivity index (χ4v) is 5.36. The highest BCUT2D eigenvalue weighted by Gasteiger charge is 2.36. The van der Waals surface area contributed by atoms with E-state index in [1.807, 2.05) is 6.92 Å². The van der Waals surface area contributed by atoms with Gasteiger partial charge < -0.3 is 4.90 Å². The van der Waals surface area contributed by atoms with E-state index >= 15 is 0 Å². The molecular formula is C14H24N4O2S.